The number of methoxy groups -OCH3 is 2. The summed E-state index contributed by atoms with van der Waals surface area (Å²) in [4.78, 5) is 13.7. The fourth-order valence-corrected chi connectivity index (χ4v) is 3.75. The van der Waals surface area contributed by atoms with Crippen LogP contribution in [0.4, 0.5) is 5.69 Å². The molecule has 3 rings (SSSR count). The maximum Gasteiger partial charge on any atom is 0.237 e. The summed E-state index contributed by atoms with van der Waals surface area (Å²) in [6, 6.07) is 20.0. The molecule has 0 bridgehead atoms. The minimum absolute atomic E-state index is 0.171. The van der Waals surface area contributed by atoms with Crippen LogP contribution in [0.15, 0.2) is 71.6 Å². The average molecular weight is 444 g/mol. The smallest absolute Gasteiger partial charge is 0.237 e. The predicted molar refractivity (Wildman–Crippen MR) is 121 cm³/mol. The van der Waals surface area contributed by atoms with Gasteiger partial charge in [0.15, 0.2) is 17.2 Å². The van der Waals surface area contributed by atoms with Gasteiger partial charge in [0, 0.05) is 9.92 Å². The number of amides is 1. The van der Waals surface area contributed by atoms with Gasteiger partial charge in [-0.25, -0.2) is 0 Å². The molecular weight excluding hydrogens is 422 g/mol. The third kappa shape index (κ3) is 5.62. The van der Waals surface area contributed by atoms with Crippen LogP contribution in [-0.4, -0.2) is 25.4 Å². The molecule has 3 aromatic rings. The number of rotatable bonds is 8. The molecule has 0 saturated carbocycles. The number of hydrogen-bond acceptors (Lipinski definition) is 5. The summed E-state index contributed by atoms with van der Waals surface area (Å²) in [6.45, 7) is 1.83. The van der Waals surface area contributed by atoms with E-state index in [0.29, 0.717) is 33.7 Å². The highest BCUT2D eigenvalue weighted by molar-refractivity contribution is 8.00. The second-order valence-corrected chi connectivity index (χ2v) is 8.17. The lowest BCUT2D eigenvalue weighted by Gasteiger charge is -2.16. The minimum atomic E-state index is -0.369. The molecule has 0 aromatic heterocycles. The first-order valence-corrected chi connectivity index (χ1v) is 10.5. The van der Waals surface area contributed by atoms with Crippen molar-refractivity contribution in [2.24, 2.45) is 0 Å². The van der Waals surface area contributed by atoms with Gasteiger partial charge in [0.25, 0.3) is 0 Å². The van der Waals surface area contributed by atoms with E-state index in [0.717, 1.165) is 4.90 Å². The number of halogens is 1. The first-order chi connectivity index (χ1) is 14.5. The van der Waals surface area contributed by atoms with E-state index in [9.17, 15) is 4.79 Å². The van der Waals surface area contributed by atoms with Gasteiger partial charge >= 0.3 is 0 Å². The third-order valence-corrected chi connectivity index (χ3v) is 5.54. The maximum absolute atomic E-state index is 12.8. The Morgan fingerprint density at radius 1 is 0.933 bits per heavy atom. The van der Waals surface area contributed by atoms with E-state index in [1.54, 1.807) is 32.4 Å². The van der Waals surface area contributed by atoms with Crippen molar-refractivity contribution in [2.45, 2.75) is 17.1 Å². The van der Waals surface area contributed by atoms with Gasteiger partial charge in [-0.2, -0.15) is 0 Å². The Kier molecular flexibility index (Phi) is 7.49. The van der Waals surface area contributed by atoms with Gasteiger partial charge < -0.3 is 19.5 Å². The number of hydrogen-bond donors (Lipinski definition) is 1. The van der Waals surface area contributed by atoms with E-state index >= 15 is 0 Å². The maximum atomic E-state index is 12.8. The molecule has 0 aliphatic carbocycles. The fourth-order valence-electron chi connectivity index (χ4n) is 2.69. The standard InChI is InChI=1S/C23H22ClNO4S/c1-15(30-18-10-12-21(27-2)22(14-18)28-3)23(26)25-19-13-16(24)9-11-20(19)29-17-7-5-4-6-8-17/h4-15H,1-3H3,(H,25,26)/t15-/m0/s1. The Morgan fingerprint density at radius 3 is 2.33 bits per heavy atom. The Bertz CT molecular complexity index is 1010. The van der Waals surface area contributed by atoms with Crippen LogP contribution < -0.4 is 19.5 Å². The van der Waals surface area contributed by atoms with E-state index in [1.807, 2.05) is 55.5 Å². The molecule has 0 spiro atoms. The number of carbonyl (C=O) groups is 1. The monoisotopic (exact) mass is 443 g/mol. The van der Waals surface area contributed by atoms with Crippen molar-refractivity contribution in [3.8, 4) is 23.0 Å². The summed E-state index contributed by atoms with van der Waals surface area (Å²) in [5.74, 6) is 2.27. The van der Waals surface area contributed by atoms with Gasteiger partial charge in [-0.3, -0.25) is 4.79 Å². The zero-order valence-corrected chi connectivity index (χ0v) is 18.4. The Balaban J connectivity index is 1.73. The van der Waals surface area contributed by atoms with Crippen molar-refractivity contribution in [3.05, 3.63) is 71.8 Å². The van der Waals surface area contributed by atoms with E-state index < -0.39 is 0 Å². The molecule has 0 aliphatic heterocycles. The highest BCUT2D eigenvalue weighted by atomic mass is 35.5. The Hall–Kier alpha value is -2.83. The lowest BCUT2D eigenvalue weighted by molar-refractivity contribution is -0.115. The highest BCUT2D eigenvalue weighted by Gasteiger charge is 2.18. The molecule has 7 heteroatoms. The van der Waals surface area contributed by atoms with Crippen LogP contribution in [0, 0.1) is 0 Å². The van der Waals surface area contributed by atoms with Crippen LogP contribution in [0.2, 0.25) is 5.02 Å². The van der Waals surface area contributed by atoms with Gasteiger partial charge in [-0.1, -0.05) is 29.8 Å². The summed E-state index contributed by atoms with van der Waals surface area (Å²) in [5, 5.41) is 3.05. The first kappa shape index (κ1) is 21.9. The summed E-state index contributed by atoms with van der Waals surface area (Å²) in [6.07, 6.45) is 0. The van der Waals surface area contributed by atoms with Crippen molar-refractivity contribution in [1.29, 1.82) is 0 Å². The molecule has 0 heterocycles. The normalized spacial score (nSPS) is 11.5. The zero-order valence-electron chi connectivity index (χ0n) is 16.8. The highest BCUT2D eigenvalue weighted by Crippen LogP contribution is 2.35. The summed E-state index contributed by atoms with van der Waals surface area (Å²) in [7, 11) is 3.16. The van der Waals surface area contributed by atoms with Gasteiger partial charge in [0.05, 0.1) is 25.2 Å². The van der Waals surface area contributed by atoms with Crippen LogP contribution in [0.25, 0.3) is 0 Å². The quantitative estimate of drug-likeness (QED) is 0.416. The molecule has 5 nitrogen and oxygen atoms in total. The van der Waals surface area contributed by atoms with E-state index in [2.05, 4.69) is 5.32 Å². The Labute approximate surface area is 185 Å². The number of carbonyl (C=O) groups excluding carboxylic acids is 1. The molecule has 156 valence electrons. The molecule has 30 heavy (non-hydrogen) atoms. The van der Waals surface area contributed by atoms with Crippen molar-refractivity contribution in [2.75, 3.05) is 19.5 Å². The second kappa shape index (κ2) is 10.3. The van der Waals surface area contributed by atoms with Crippen LogP contribution in [0.1, 0.15) is 6.92 Å². The van der Waals surface area contributed by atoms with Crippen LogP contribution >= 0.6 is 23.4 Å². The number of thioether (sulfide) groups is 1. The van der Waals surface area contributed by atoms with Crippen molar-refractivity contribution >= 4 is 35.0 Å². The van der Waals surface area contributed by atoms with Crippen LogP contribution in [0.5, 0.6) is 23.0 Å². The number of nitrogens with one attached hydrogen (secondary N) is 1. The van der Waals surface area contributed by atoms with Gasteiger partial charge in [0.2, 0.25) is 5.91 Å². The molecule has 3 aromatic carbocycles. The fraction of sp³-hybridized carbons (Fsp3) is 0.174. The largest absolute Gasteiger partial charge is 0.493 e. The summed E-state index contributed by atoms with van der Waals surface area (Å²) < 4.78 is 16.5. The number of ether oxygens (including phenoxy) is 3. The molecule has 0 radical (unpaired) electrons. The minimum Gasteiger partial charge on any atom is -0.493 e. The van der Waals surface area contributed by atoms with Crippen molar-refractivity contribution in [1.82, 2.24) is 0 Å². The van der Waals surface area contributed by atoms with Gasteiger partial charge in [0.1, 0.15) is 5.75 Å². The summed E-state index contributed by atoms with van der Waals surface area (Å²) >= 11 is 7.55. The third-order valence-electron chi connectivity index (χ3n) is 4.21. The molecule has 0 fully saturated rings. The van der Waals surface area contributed by atoms with E-state index in [4.69, 9.17) is 25.8 Å². The molecule has 1 amide bonds. The number of para-hydroxylation sites is 1. The molecule has 0 unspecified atom stereocenters. The van der Waals surface area contributed by atoms with E-state index in [1.165, 1.54) is 11.8 Å². The first-order valence-electron chi connectivity index (χ1n) is 9.22. The topological polar surface area (TPSA) is 56.8 Å². The lowest BCUT2D eigenvalue weighted by Crippen LogP contribution is -2.22. The number of benzene rings is 3. The predicted octanol–water partition coefficient (Wildman–Crippen LogP) is 6.27. The lowest BCUT2D eigenvalue weighted by atomic mass is 10.2. The molecule has 1 N–H and O–H groups in total. The zero-order chi connectivity index (χ0) is 21.5. The molecule has 0 saturated heterocycles. The second-order valence-electron chi connectivity index (χ2n) is 6.32. The van der Waals surface area contributed by atoms with Gasteiger partial charge in [-0.15, -0.1) is 11.8 Å². The summed E-state index contributed by atoms with van der Waals surface area (Å²) in [5.41, 5.74) is 0.510. The SMILES string of the molecule is COc1ccc(S[C@@H](C)C(=O)Nc2cc(Cl)ccc2Oc2ccccc2)cc1OC. The molecule has 0 aliphatic rings. The van der Waals surface area contributed by atoms with Crippen molar-refractivity contribution in [3.63, 3.8) is 0 Å². The van der Waals surface area contributed by atoms with Crippen LogP contribution in [0.3, 0.4) is 0 Å². The Morgan fingerprint density at radius 2 is 1.63 bits per heavy atom. The number of anilines is 1. The average Bonchev–Trinajstić information content (AvgIpc) is 2.76. The molecule has 1 atom stereocenters. The van der Waals surface area contributed by atoms with Gasteiger partial charge in [-0.05, 0) is 55.5 Å². The van der Waals surface area contributed by atoms with Crippen LogP contribution in [-0.2, 0) is 4.79 Å². The van der Waals surface area contributed by atoms with E-state index in [-0.39, 0.29) is 11.2 Å². The molecular formula is C23H22ClNO4S. The van der Waals surface area contributed by atoms with Crippen molar-refractivity contribution < 1.29 is 19.0 Å².